The Kier molecular flexibility index (Phi) is 6.17. The third-order valence-corrected chi connectivity index (χ3v) is 3.28. The van der Waals surface area contributed by atoms with E-state index in [1.54, 1.807) is 25.4 Å². The van der Waals surface area contributed by atoms with Crippen LogP contribution in [0.2, 0.25) is 0 Å². The molecule has 0 aliphatic carbocycles. The Labute approximate surface area is 136 Å². The first kappa shape index (κ1) is 16.5. The summed E-state index contributed by atoms with van der Waals surface area (Å²) in [6.07, 6.45) is 4.11. The summed E-state index contributed by atoms with van der Waals surface area (Å²) in [5.74, 6) is 0.647. The molecular formula is C18H21N3O2. The van der Waals surface area contributed by atoms with Gasteiger partial charge in [0.15, 0.2) is 0 Å². The number of hydrogen-bond acceptors (Lipinski definition) is 4. The quantitative estimate of drug-likeness (QED) is 0.736. The maximum Gasteiger partial charge on any atom is 0.270 e. The van der Waals surface area contributed by atoms with Gasteiger partial charge in [-0.05, 0) is 36.2 Å². The highest BCUT2D eigenvalue weighted by Gasteiger charge is 2.06. The van der Waals surface area contributed by atoms with Crippen molar-refractivity contribution in [1.82, 2.24) is 10.3 Å². The molecule has 0 spiro atoms. The van der Waals surface area contributed by atoms with E-state index in [-0.39, 0.29) is 5.91 Å². The highest BCUT2D eigenvalue weighted by Crippen LogP contribution is 2.13. The van der Waals surface area contributed by atoms with Gasteiger partial charge in [-0.1, -0.05) is 18.2 Å². The summed E-state index contributed by atoms with van der Waals surface area (Å²) in [4.78, 5) is 15.9. The number of ether oxygens (including phenoxy) is 1. The second-order valence-corrected chi connectivity index (χ2v) is 4.96. The minimum atomic E-state index is -0.207. The number of nitrogens with zero attached hydrogens (tertiary/aromatic N) is 1. The van der Waals surface area contributed by atoms with Gasteiger partial charge in [0.05, 0.1) is 7.11 Å². The van der Waals surface area contributed by atoms with Crippen LogP contribution in [0.25, 0.3) is 0 Å². The summed E-state index contributed by atoms with van der Waals surface area (Å²) in [6.45, 7) is 4.75. The van der Waals surface area contributed by atoms with Crippen LogP contribution in [0.5, 0.6) is 5.75 Å². The van der Waals surface area contributed by atoms with Crippen LogP contribution in [0.1, 0.15) is 16.1 Å². The van der Waals surface area contributed by atoms with Gasteiger partial charge in [-0.25, -0.2) is 0 Å². The molecule has 2 N–H and O–H groups in total. The van der Waals surface area contributed by atoms with E-state index >= 15 is 0 Å². The van der Waals surface area contributed by atoms with Crippen LogP contribution in [-0.2, 0) is 6.42 Å². The van der Waals surface area contributed by atoms with Crippen LogP contribution in [0, 0.1) is 0 Å². The molecule has 2 rings (SSSR count). The SMILES string of the molecule is C=CCNC(=O)c1cc(NCCc2cccc(OC)c2)ccn1. The Morgan fingerprint density at radius 3 is 3.00 bits per heavy atom. The largest absolute Gasteiger partial charge is 0.497 e. The number of amides is 1. The third-order valence-electron chi connectivity index (χ3n) is 3.28. The molecule has 1 amide bonds. The average Bonchev–Trinajstić information content (AvgIpc) is 2.60. The van der Waals surface area contributed by atoms with E-state index in [2.05, 4.69) is 28.3 Å². The number of benzene rings is 1. The molecule has 0 saturated carbocycles. The van der Waals surface area contributed by atoms with Crippen LogP contribution in [0.15, 0.2) is 55.3 Å². The monoisotopic (exact) mass is 311 g/mol. The highest BCUT2D eigenvalue weighted by molar-refractivity contribution is 5.93. The summed E-state index contributed by atoms with van der Waals surface area (Å²) in [5.41, 5.74) is 2.44. The molecule has 0 aliphatic heterocycles. The van der Waals surface area contributed by atoms with Crippen LogP contribution in [0.4, 0.5) is 5.69 Å². The minimum absolute atomic E-state index is 0.207. The summed E-state index contributed by atoms with van der Waals surface area (Å²) >= 11 is 0. The molecule has 0 saturated heterocycles. The molecule has 5 nitrogen and oxygen atoms in total. The third kappa shape index (κ3) is 5.14. The first-order chi connectivity index (χ1) is 11.2. The summed E-state index contributed by atoms with van der Waals surface area (Å²) in [6, 6.07) is 11.6. The number of carbonyl (C=O) groups is 1. The topological polar surface area (TPSA) is 63.2 Å². The number of carbonyl (C=O) groups excluding carboxylic acids is 1. The molecule has 1 heterocycles. The van der Waals surface area contributed by atoms with Gasteiger partial charge in [-0.3, -0.25) is 9.78 Å². The van der Waals surface area contributed by atoms with E-state index in [4.69, 9.17) is 4.74 Å². The fourth-order valence-electron chi connectivity index (χ4n) is 2.10. The van der Waals surface area contributed by atoms with E-state index in [1.165, 1.54) is 5.56 Å². The number of pyridine rings is 1. The number of hydrogen-bond donors (Lipinski definition) is 2. The van der Waals surface area contributed by atoms with Crippen LogP contribution >= 0.6 is 0 Å². The first-order valence-electron chi connectivity index (χ1n) is 7.45. The van der Waals surface area contributed by atoms with E-state index in [0.717, 1.165) is 24.4 Å². The summed E-state index contributed by atoms with van der Waals surface area (Å²) in [5, 5.41) is 6.01. The van der Waals surface area contributed by atoms with Crippen LogP contribution in [0.3, 0.4) is 0 Å². The Balaban J connectivity index is 1.90. The second kappa shape index (κ2) is 8.58. The van der Waals surface area contributed by atoms with E-state index < -0.39 is 0 Å². The molecule has 120 valence electrons. The maximum atomic E-state index is 11.9. The van der Waals surface area contributed by atoms with Gasteiger partial charge >= 0.3 is 0 Å². The highest BCUT2D eigenvalue weighted by atomic mass is 16.5. The number of methoxy groups -OCH3 is 1. The van der Waals surface area contributed by atoms with Crippen molar-refractivity contribution in [2.75, 3.05) is 25.5 Å². The zero-order valence-electron chi connectivity index (χ0n) is 13.2. The zero-order valence-corrected chi connectivity index (χ0v) is 13.2. The molecule has 0 aliphatic rings. The van der Waals surface area contributed by atoms with Crippen LogP contribution < -0.4 is 15.4 Å². The van der Waals surface area contributed by atoms with Gasteiger partial charge in [-0.2, -0.15) is 0 Å². The fourth-order valence-corrected chi connectivity index (χ4v) is 2.10. The first-order valence-corrected chi connectivity index (χ1v) is 7.45. The predicted molar refractivity (Wildman–Crippen MR) is 92.0 cm³/mol. The Hall–Kier alpha value is -2.82. The molecular weight excluding hydrogens is 290 g/mol. The van der Waals surface area contributed by atoms with Crippen molar-refractivity contribution in [1.29, 1.82) is 0 Å². The van der Waals surface area contributed by atoms with Crippen molar-refractivity contribution in [3.8, 4) is 5.75 Å². The van der Waals surface area contributed by atoms with Crippen molar-refractivity contribution < 1.29 is 9.53 Å². The van der Waals surface area contributed by atoms with Gasteiger partial charge in [0.2, 0.25) is 0 Å². The molecule has 0 fully saturated rings. The maximum absolute atomic E-state index is 11.9. The predicted octanol–water partition coefficient (Wildman–Crippen LogP) is 2.66. The van der Waals surface area contributed by atoms with Gasteiger partial charge in [0.1, 0.15) is 11.4 Å². The fraction of sp³-hybridized carbons (Fsp3) is 0.222. The van der Waals surface area contributed by atoms with Crippen molar-refractivity contribution in [3.05, 3.63) is 66.5 Å². The molecule has 0 radical (unpaired) electrons. The van der Waals surface area contributed by atoms with Crippen molar-refractivity contribution in [2.45, 2.75) is 6.42 Å². The molecule has 2 aromatic rings. The second-order valence-electron chi connectivity index (χ2n) is 4.96. The van der Waals surface area contributed by atoms with Gasteiger partial charge in [-0.15, -0.1) is 6.58 Å². The smallest absolute Gasteiger partial charge is 0.270 e. The lowest BCUT2D eigenvalue weighted by atomic mass is 10.1. The van der Waals surface area contributed by atoms with Gasteiger partial charge in [0.25, 0.3) is 5.91 Å². The van der Waals surface area contributed by atoms with Crippen LogP contribution in [-0.4, -0.2) is 31.1 Å². The van der Waals surface area contributed by atoms with Gasteiger partial charge in [0, 0.05) is 25.0 Å². The molecule has 0 atom stereocenters. The zero-order chi connectivity index (χ0) is 16.5. The lowest BCUT2D eigenvalue weighted by Crippen LogP contribution is -2.24. The molecule has 1 aromatic heterocycles. The number of anilines is 1. The molecule has 5 heteroatoms. The average molecular weight is 311 g/mol. The Morgan fingerprint density at radius 1 is 1.35 bits per heavy atom. The Morgan fingerprint density at radius 2 is 2.22 bits per heavy atom. The van der Waals surface area contributed by atoms with Crippen molar-refractivity contribution >= 4 is 11.6 Å². The molecule has 23 heavy (non-hydrogen) atoms. The molecule has 1 aromatic carbocycles. The van der Waals surface area contributed by atoms with E-state index in [9.17, 15) is 4.79 Å². The number of nitrogens with one attached hydrogen (secondary N) is 2. The van der Waals surface area contributed by atoms with Gasteiger partial charge < -0.3 is 15.4 Å². The van der Waals surface area contributed by atoms with Crippen molar-refractivity contribution in [2.24, 2.45) is 0 Å². The lowest BCUT2D eigenvalue weighted by molar-refractivity contribution is 0.0953. The van der Waals surface area contributed by atoms with E-state index in [0.29, 0.717) is 12.2 Å². The molecule has 0 bridgehead atoms. The normalized spacial score (nSPS) is 9.96. The Bertz CT molecular complexity index is 671. The van der Waals surface area contributed by atoms with E-state index in [1.807, 2.05) is 24.3 Å². The van der Waals surface area contributed by atoms with Crippen molar-refractivity contribution in [3.63, 3.8) is 0 Å². The minimum Gasteiger partial charge on any atom is -0.497 e. The number of rotatable bonds is 8. The summed E-state index contributed by atoms with van der Waals surface area (Å²) < 4.78 is 5.21. The lowest BCUT2D eigenvalue weighted by Gasteiger charge is -2.09. The summed E-state index contributed by atoms with van der Waals surface area (Å²) in [7, 11) is 1.66. The molecule has 0 unspecified atom stereocenters. The standard InChI is InChI=1S/C18H21N3O2/c1-3-9-21-18(22)17-13-15(8-11-20-17)19-10-7-14-5-4-6-16(12-14)23-2/h3-6,8,11-13H,1,7,9-10H2,2H3,(H,19,20)(H,21,22). The number of aromatic nitrogens is 1.